The summed E-state index contributed by atoms with van der Waals surface area (Å²) in [6.45, 7) is 0. The number of pyridine rings is 1. The number of nitrogens with zero attached hydrogens (tertiary/aromatic N) is 1. The lowest BCUT2D eigenvalue weighted by Crippen LogP contribution is -2.11. The first kappa shape index (κ1) is 15.7. The molecular formula is C14H13N3O4S. The molecule has 7 nitrogen and oxygen atoms in total. The highest BCUT2D eigenvalue weighted by Crippen LogP contribution is 2.16. The summed E-state index contributed by atoms with van der Waals surface area (Å²) in [6, 6.07) is 9.07. The van der Waals surface area contributed by atoms with Crippen LogP contribution in [0.15, 0.2) is 53.7 Å². The van der Waals surface area contributed by atoms with Gasteiger partial charge in [0.2, 0.25) is 5.91 Å². The maximum absolute atomic E-state index is 11.2. The van der Waals surface area contributed by atoms with Crippen LogP contribution >= 0.6 is 0 Å². The van der Waals surface area contributed by atoms with Gasteiger partial charge >= 0.3 is 0 Å². The van der Waals surface area contributed by atoms with Crippen LogP contribution in [0.2, 0.25) is 0 Å². The lowest BCUT2D eigenvalue weighted by molar-refractivity contribution is 0.1000. The van der Waals surface area contributed by atoms with Crippen LogP contribution in [0, 0.1) is 0 Å². The van der Waals surface area contributed by atoms with E-state index in [0.717, 1.165) is 0 Å². The van der Waals surface area contributed by atoms with Gasteiger partial charge in [0.1, 0.15) is 10.7 Å². The van der Waals surface area contributed by atoms with Gasteiger partial charge in [-0.25, -0.2) is 4.98 Å². The molecule has 0 radical (unpaired) electrons. The average Bonchev–Trinajstić information content (AvgIpc) is 2.47. The molecule has 0 spiro atoms. The van der Waals surface area contributed by atoms with Crippen molar-refractivity contribution in [1.29, 1.82) is 0 Å². The molecule has 1 aromatic carbocycles. The molecule has 22 heavy (non-hydrogen) atoms. The van der Waals surface area contributed by atoms with Gasteiger partial charge in [-0.05, 0) is 29.8 Å². The number of hydrogen-bond acceptors (Lipinski definition) is 5. The van der Waals surface area contributed by atoms with Crippen molar-refractivity contribution in [3.63, 3.8) is 0 Å². The fraction of sp³-hybridized carbons (Fsp3) is 0. The van der Waals surface area contributed by atoms with Crippen molar-refractivity contribution in [1.82, 2.24) is 4.98 Å². The molecule has 1 heterocycles. The van der Waals surface area contributed by atoms with Crippen LogP contribution in [0.5, 0.6) is 0 Å². The standard InChI is InChI=1S/C14H13N3O4S/c15-14(18)11-5-6-13(17-9-11)16-8-7-10-3-1-2-4-12(10)22(19,20)21/h1-9H,(H2,15,18)(H,16,17)(H,19,20,21). The Labute approximate surface area is 127 Å². The molecule has 1 aromatic heterocycles. The zero-order valence-electron chi connectivity index (χ0n) is 11.3. The molecule has 2 rings (SSSR count). The van der Waals surface area contributed by atoms with Crippen LogP contribution < -0.4 is 11.1 Å². The number of carbonyl (C=O) groups excluding carboxylic acids is 1. The zero-order valence-corrected chi connectivity index (χ0v) is 12.1. The Morgan fingerprint density at radius 1 is 1.23 bits per heavy atom. The fourth-order valence-electron chi connectivity index (χ4n) is 1.69. The molecule has 114 valence electrons. The number of hydrogen-bond donors (Lipinski definition) is 3. The van der Waals surface area contributed by atoms with Crippen LogP contribution in [-0.4, -0.2) is 23.9 Å². The summed E-state index contributed by atoms with van der Waals surface area (Å²) in [4.78, 5) is 14.7. The van der Waals surface area contributed by atoms with Crippen molar-refractivity contribution in [2.24, 2.45) is 5.73 Å². The van der Waals surface area contributed by atoms with Crippen LogP contribution in [0.3, 0.4) is 0 Å². The van der Waals surface area contributed by atoms with E-state index >= 15 is 0 Å². The normalized spacial score (nSPS) is 11.5. The molecule has 4 N–H and O–H groups in total. The third kappa shape index (κ3) is 3.90. The Morgan fingerprint density at radius 2 is 1.95 bits per heavy atom. The van der Waals surface area contributed by atoms with E-state index in [9.17, 15) is 13.2 Å². The minimum atomic E-state index is -4.29. The quantitative estimate of drug-likeness (QED) is 0.718. The Kier molecular flexibility index (Phi) is 4.54. The molecule has 2 aromatic rings. The number of benzene rings is 1. The summed E-state index contributed by atoms with van der Waals surface area (Å²) in [5, 5.41) is 2.82. The van der Waals surface area contributed by atoms with E-state index in [2.05, 4.69) is 10.3 Å². The molecule has 8 heteroatoms. The van der Waals surface area contributed by atoms with Crippen LogP contribution in [0.4, 0.5) is 5.82 Å². The smallest absolute Gasteiger partial charge is 0.295 e. The van der Waals surface area contributed by atoms with E-state index in [1.165, 1.54) is 36.7 Å². The van der Waals surface area contributed by atoms with Gasteiger partial charge in [0, 0.05) is 12.4 Å². The van der Waals surface area contributed by atoms with E-state index in [1.807, 2.05) is 0 Å². The van der Waals surface area contributed by atoms with Gasteiger partial charge in [-0.3, -0.25) is 9.35 Å². The van der Waals surface area contributed by atoms with Gasteiger partial charge in [0.05, 0.1) is 5.56 Å². The number of carbonyl (C=O) groups is 1. The van der Waals surface area contributed by atoms with Crippen LogP contribution in [0.25, 0.3) is 6.08 Å². The highest BCUT2D eigenvalue weighted by atomic mass is 32.2. The molecule has 0 atom stereocenters. The molecule has 0 aliphatic heterocycles. The molecular weight excluding hydrogens is 306 g/mol. The Hall–Kier alpha value is -2.71. The number of anilines is 1. The molecule has 0 aliphatic carbocycles. The second-order valence-corrected chi connectivity index (χ2v) is 5.68. The number of aromatic nitrogens is 1. The summed E-state index contributed by atoms with van der Waals surface area (Å²) in [5.41, 5.74) is 5.71. The van der Waals surface area contributed by atoms with Gasteiger partial charge in [0.15, 0.2) is 0 Å². The molecule has 0 saturated heterocycles. The van der Waals surface area contributed by atoms with Gasteiger partial charge < -0.3 is 11.1 Å². The molecule has 1 amide bonds. The molecule has 0 saturated carbocycles. The van der Waals surface area contributed by atoms with Gasteiger partial charge in [-0.15, -0.1) is 0 Å². The maximum Gasteiger partial charge on any atom is 0.295 e. The van der Waals surface area contributed by atoms with Crippen molar-refractivity contribution in [3.8, 4) is 0 Å². The molecule has 0 unspecified atom stereocenters. The summed E-state index contributed by atoms with van der Waals surface area (Å²) in [7, 11) is -4.29. The Balaban J connectivity index is 2.15. The van der Waals surface area contributed by atoms with E-state index in [4.69, 9.17) is 10.3 Å². The Bertz CT molecular complexity index is 814. The number of amides is 1. The summed E-state index contributed by atoms with van der Waals surface area (Å²) >= 11 is 0. The lowest BCUT2D eigenvalue weighted by atomic mass is 10.2. The van der Waals surface area contributed by atoms with Gasteiger partial charge in [0.25, 0.3) is 10.1 Å². The molecule has 0 fully saturated rings. The third-order valence-corrected chi connectivity index (χ3v) is 3.67. The SMILES string of the molecule is NC(=O)c1ccc(NC=Cc2ccccc2S(=O)(=O)O)nc1. The largest absolute Gasteiger partial charge is 0.366 e. The second kappa shape index (κ2) is 6.37. The Morgan fingerprint density at radius 3 is 2.55 bits per heavy atom. The highest BCUT2D eigenvalue weighted by Gasteiger charge is 2.12. The number of rotatable bonds is 5. The van der Waals surface area contributed by atoms with Crippen molar-refractivity contribution >= 4 is 27.9 Å². The number of nitrogens with one attached hydrogen (secondary N) is 1. The van der Waals surface area contributed by atoms with Crippen molar-refractivity contribution in [2.75, 3.05) is 5.32 Å². The summed E-state index contributed by atoms with van der Waals surface area (Å²) in [5.74, 6) is -0.123. The van der Waals surface area contributed by atoms with Crippen molar-refractivity contribution in [2.45, 2.75) is 4.90 Å². The molecule has 0 aliphatic rings. The number of primary amides is 1. The van der Waals surface area contributed by atoms with E-state index in [-0.39, 0.29) is 10.5 Å². The first-order valence-corrected chi connectivity index (χ1v) is 7.57. The predicted molar refractivity (Wildman–Crippen MR) is 81.7 cm³/mol. The second-order valence-electron chi connectivity index (χ2n) is 4.29. The van der Waals surface area contributed by atoms with Crippen molar-refractivity contribution < 1.29 is 17.8 Å². The van der Waals surface area contributed by atoms with E-state index in [1.54, 1.807) is 18.2 Å². The van der Waals surface area contributed by atoms with Gasteiger partial charge in [-0.2, -0.15) is 8.42 Å². The zero-order chi connectivity index (χ0) is 16.2. The summed E-state index contributed by atoms with van der Waals surface area (Å²) in [6.07, 6.45) is 4.27. The topological polar surface area (TPSA) is 122 Å². The highest BCUT2D eigenvalue weighted by molar-refractivity contribution is 7.85. The summed E-state index contributed by atoms with van der Waals surface area (Å²) < 4.78 is 31.6. The minimum Gasteiger partial charge on any atom is -0.366 e. The first-order chi connectivity index (χ1) is 10.4. The monoisotopic (exact) mass is 319 g/mol. The minimum absolute atomic E-state index is 0.190. The maximum atomic E-state index is 11.2. The predicted octanol–water partition coefficient (Wildman–Crippen LogP) is 1.51. The fourth-order valence-corrected chi connectivity index (χ4v) is 2.38. The van der Waals surface area contributed by atoms with Crippen LogP contribution in [0.1, 0.15) is 15.9 Å². The van der Waals surface area contributed by atoms with Crippen LogP contribution in [-0.2, 0) is 10.1 Å². The van der Waals surface area contributed by atoms with E-state index < -0.39 is 16.0 Å². The third-order valence-electron chi connectivity index (χ3n) is 2.74. The van der Waals surface area contributed by atoms with E-state index in [0.29, 0.717) is 11.4 Å². The molecule has 0 bridgehead atoms. The number of nitrogens with two attached hydrogens (primary N) is 1. The lowest BCUT2D eigenvalue weighted by Gasteiger charge is -2.03. The first-order valence-electron chi connectivity index (χ1n) is 6.13. The van der Waals surface area contributed by atoms with Crippen molar-refractivity contribution in [3.05, 3.63) is 59.9 Å². The van der Waals surface area contributed by atoms with Gasteiger partial charge in [-0.1, -0.05) is 18.2 Å². The average molecular weight is 319 g/mol.